The first kappa shape index (κ1) is 25.9. The number of primary amides is 1. The van der Waals surface area contributed by atoms with Crippen molar-refractivity contribution in [2.75, 3.05) is 13.1 Å². The second kappa shape index (κ2) is 11.0. The van der Waals surface area contributed by atoms with Crippen LogP contribution in [0, 0.1) is 0 Å². The number of aliphatic carboxylic acids is 1. The number of nitrogens with two attached hydrogens (primary N) is 1. The van der Waals surface area contributed by atoms with Crippen LogP contribution in [-0.4, -0.2) is 92.4 Å². The number of amides is 2. The molecule has 0 aliphatic carbocycles. The van der Waals surface area contributed by atoms with Gasteiger partial charge in [0.2, 0.25) is 11.8 Å². The lowest BCUT2D eigenvalue weighted by molar-refractivity contribution is -0.145. The number of ether oxygens (including phenoxy) is 1. The van der Waals surface area contributed by atoms with Gasteiger partial charge in [0.15, 0.2) is 0 Å². The molecule has 180 valence electrons. The van der Waals surface area contributed by atoms with Crippen molar-refractivity contribution in [2.45, 2.75) is 44.3 Å². The van der Waals surface area contributed by atoms with E-state index >= 15 is 0 Å². The summed E-state index contributed by atoms with van der Waals surface area (Å²) in [6.45, 7) is 1.63. The summed E-state index contributed by atoms with van der Waals surface area (Å²) < 4.78 is 5.63. The molecule has 0 spiro atoms. The highest BCUT2D eigenvalue weighted by atomic mass is 16.5. The lowest BCUT2D eigenvalue weighted by Gasteiger charge is -2.40. The first-order valence-electron chi connectivity index (χ1n) is 10.1. The molecule has 2 amide bonds. The number of rotatable bonds is 12. The maximum atomic E-state index is 12.5. The molecule has 13 nitrogen and oxygen atoms in total. The maximum absolute atomic E-state index is 12.5. The van der Waals surface area contributed by atoms with E-state index < -0.39 is 66.8 Å². The Balaban J connectivity index is 1.99. The van der Waals surface area contributed by atoms with E-state index in [1.165, 1.54) is 24.0 Å². The average Bonchev–Trinajstić information content (AvgIpc) is 2.67. The summed E-state index contributed by atoms with van der Waals surface area (Å²) in [5.41, 5.74) is 4.75. The molecule has 33 heavy (non-hydrogen) atoms. The van der Waals surface area contributed by atoms with Crippen molar-refractivity contribution in [3.63, 3.8) is 0 Å². The van der Waals surface area contributed by atoms with Crippen molar-refractivity contribution in [1.82, 2.24) is 10.2 Å². The molecule has 1 heterocycles. The number of aromatic carboxylic acids is 1. The van der Waals surface area contributed by atoms with Gasteiger partial charge in [0.1, 0.15) is 29.2 Å². The van der Waals surface area contributed by atoms with Gasteiger partial charge in [-0.05, 0) is 31.3 Å². The van der Waals surface area contributed by atoms with Gasteiger partial charge in [-0.25, -0.2) is 4.79 Å². The van der Waals surface area contributed by atoms with Crippen molar-refractivity contribution in [3.05, 3.63) is 23.3 Å². The van der Waals surface area contributed by atoms with Gasteiger partial charge < -0.3 is 40.7 Å². The molecule has 0 unspecified atom stereocenters. The Morgan fingerprint density at radius 2 is 1.88 bits per heavy atom. The minimum atomic E-state index is -1.61. The molecule has 1 saturated heterocycles. The van der Waals surface area contributed by atoms with Crippen molar-refractivity contribution in [2.24, 2.45) is 5.73 Å². The number of benzene rings is 1. The fourth-order valence-electron chi connectivity index (χ4n) is 3.34. The van der Waals surface area contributed by atoms with E-state index in [-0.39, 0.29) is 37.1 Å². The molecule has 1 fully saturated rings. The smallest absolute Gasteiger partial charge is 0.451 e. The number of aromatic hydroxyl groups is 1. The van der Waals surface area contributed by atoms with Crippen LogP contribution in [0.3, 0.4) is 0 Å². The van der Waals surface area contributed by atoms with Crippen molar-refractivity contribution < 1.29 is 49.3 Å². The highest BCUT2D eigenvalue weighted by molar-refractivity contribution is 6.41. The summed E-state index contributed by atoms with van der Waals surface area (Å²) in [7, 11) is -1.61. The average molecular weight is 467 g/mol. The maximum Gasteiger partial charge on any atom is 0.451 e. The van der Waals surface area contributed by atoms with Crippen LogP contribution in [0.4, 0.5) is 0 Å². The summed E-state index contributed by atoms with van der Waals surface area (Å²) >= 11 is 0. The fourth-order valence-corrected chi connectivity index (χ4v) is 3.34. The summed E-state index contributed by atoms with van der Waals surface area (Å²) in [6, 6.07) is 0.517. The number of phenols is 1. The van der Waals surface area contributed by atoms with Crippen LogP contribution in [0.1, 0.15) is 29.3 Å². The summed E-state index contributed by atoms with van der Waals surface area (Å²) in [4.78, 5) is 47.7. The van der Waals surface area contributed by atoms with Gasteiger partial charge in [0.25, 0.3) is 0 Å². The standard InChI is InChI=1S/C19H26BN3O10/c1-9(22-12(18(27)28)6-14(21)24)17(26)23-7-11(8-23)33-13-3-2-10(4-5-20(31)32)16(25)15(13)19(29)30/h2-3,9,11-12,22,25,31-32H,4-8H2,1H3,(H2,21,24)(H,27,28)(H,29,30)/t9-,12-/m1/s1. The fraction of sp³-hybridized carbons (Fsp3) is 0.474. The second-order valence-electron chi connectivity index (χ2n) is 7.70. The summed E-state index contributed by atoms with van der Waals surface area (Å²) in [5, 5.41) is 49.4. The van der Waals surface area contributed by atoms with E-state index in [9.17, 15) is 29.4 Å². The molecule has 0 saturated carbocycles. The van der Waals surface area contributed by atoms with Crippen LogP contribution in [0.15, 0.2) is 12.1 Å². The number of hydrogen-bond acceptors (Lipinski definition) is 9. The van der Waals surface area contributed by atoms with Gasteiger partial charge in [-0.1, -0.05) is 6.07 Å². The van der Waals surface area contributed by atoms with E-state index in [2.05, 4.69) is 5.32 Å². The number of carboxylic acids is 2. The van der Waals surface area contributed by atoms with Gasteiger partial charge in [-0.15, -0.1) is 0 Å². The Morgan fingerprint density at radius 3 is 2.39 bits per heavy atom. The zero-order valence-electron chi connectivity index (χ0n) is 17.8. The third kappa shape index (κ3) is 6.81. The molecule has 1 aromatic carbocycles. The van der Waals surface area contributed by atoms with Crippen molar-refractivity contribution in [1.29, 1.82) is 0 Å². The minimum absolute atomic E-state index is 0.0355. The van der Waals surface area contributed by atoms with Gasteiger partial charge in [0.05, 0.1) is 25.6 Å². The Labute approximate surface area is 188 Å². The van der Waals surface area contributed by atoms with Crippen molar-refractivity contribution >= 4 is 30.9 Å². The number of nitrogens with one attached hydrogen (secondary N) is 1. The number of carboxylic acid groups (broad SMARTS) is 2. The topological polar surface area (TPSA) is 220 Å². The number of carbonyl (C=O) groups excluding carboxylic acids is 2. The molecule has 1 aliphatic heterocycles. The molecule has 0 radical (unpaired) electrons. The molecule has 2 atom stereocenters. The van der Waals surface area contributed by atoms with Crippen LogP contribution in [-0.2, 0) is 20.8 Å². The number of hydrogen-bond donors (Lipinski definition) is 7. The number of likely N-dealkylation sites (tertiary alicyclic amines) is 1. The zero-order chi connectivity index (χ0) is 24.9. The van der Waals surface area contributed by atoms with E-state index in [0.717, 1.165) is 0 Å². The van der Waals surface area contributed by atoms with Gasteiger partial charge in [-0.2, -0.15) is 0 Å². The molecule has 8 N–H and O–H groups in total. The van der Waals surface area contributed by atoms with Crippen LogP contribution < -0.4 is 15.8 Å². The third-order valence-corrected chi connectivity index (χ3v) is 5.09. The number of carbonyl (C=O) groups is 4. The normalized spacial score (nSPS) is 15.3. The Hall–Kier alpha value is -3.36. The Bertz CT molecular complexity index is 919. The van der Waals surface area contributed by atoms with E-state index in [4.69, 9.17) is 25.6 Å². The second-order valence-corrected chi connectivity index (χ2v) is 7.70. The van der Waals surface area contributed by atoms with Crippen molar-refractivity contribution in [3.8, 4) is 11.5 Å². The quantitative estimate of drug-likeness (QED) is 0.167. The third-order valence-electron chi connectivity index (χ3n) is 5.09. The molecule has 14 heteroatoms. The molecular formula is C19H26BN3O10. The summed E-state index contributed by atoms with van der Waals surface area (Å²) in [5.74, 6) is -4.68. The first-order valence-corrected chi connectivity index (χ1v) is 10.1. The molecule has 0 aromatic heterocycles. The lowest BCUT2D eigenvalue weighted by atomic mass is 9.82. The Kier molecular flexibility index (Phi) is 8.62. The SMILES string of the molecule is C[C@@H](N[C@H](CC(N)=O)C(=O)O)C(=O)N1CC(Oc2ccc(CCB(O)O)c(O)c2C(=O)O)C1. The molecule has 1 aromatic rings. The molecular weight excluding hydrogens is 441 g/mol. The van der Waals surface area contributed by atoms with Gasteiger partial charge >= 0.3 is 19.1 Å². The van der Waals surface area contributed by atoms with Gasteiger partial charge in [-0.3, -0.25) is 19.7 Å². The zero-order valence-corrected chi connectivity index (χ0v) is 17.8. The molecule has 0 bridgehead atoms. The number of nitrogens with zero attached hydrogens (tertiary/aromatic N) is 1. The first-order chi connectivity index (χ1) is 15.4. The monoisotopic (exact) mass is 467 g/mol. The number of aryl methyl sites for hydroxylation is 1. The Morgan fingerprint density at radius 1 is 1.24 bits per heavy atom. The predicted octanol–water partition coefficient (Wildman–Crippen LogP) is -2.00. The predicted molar refractivity (Wildman–Crippen MR) is 113 cm³/mol. The van der Waals surface area contributed by atoms with Gasteiger partial charge in [0, 0.05) is 0 Å². The van der Waals surface area contributed by atoms with E-state index in [1.54, 1.807) is 0 Å². The van der Waals surface area contributed by atoms with E-state index in [0.29, 0.717) is 0 Å². The van der Waals surface area contributed by atoms with E-state index in [1.807, 2.05) is 0 Å². The molecule has 2 rings (SSSR count). The lowest BCUT2D eigenvalue weighted by Crippen LogP contribution is -2.61. The van der Waals surface area contributed by atoms with Crippen LogP contribution in [0.2, 0.25) is 6.32 Å². The summed E-state index contributed by atoms with van der Waals surface area (Å²) in [6.07, 6.45) is -1.10. The highest BCUT2D eigenvalue weighted by Crippen LogP contribution is 2.34. The highest BCUT2D eigenvalue weighted by Gasteiger charge is 2.37. The van der Waals surface area contributed by atoms with Crippen LogP contribution in [0.25, 0.3) is 0 Å². The minimum Gasteiger partial charge on any atom is -0.507 e. The van der Waals surface area contributed by atoms with Crippen LogP contribution >= 0.6 is 0 Å². The van der Waals surface area contributed by atoms with Crippen LogP contribution in [0.5, 0.6) is 11.5 Å². The molecule has 1 aliphatic rings. The largest absolute Gasteiger partial charge is 0.507 e.